The fourth-order valence-electron chi connectivity index (χ4n) is 4.22. The van der Waals surface area contributed by atoms with Gasteiger partial charge in [0.25, 0.3) is 0 Å². The lowest BCUT2D eigenvalue weighted by Gasteiger charge is -2.21. The predicted octanol–water partition coefficient (Wildman–Crippen LogP) is 1.49. The van der Waals surface area contributed by atoms with Crippen LogP contribution >= 0.6 is 0 Å². The zero-order chi connectivity index (χ0) is 12.1. The van der Waals surface area contributed by atoms with Gasteiger partial charge in [0.05, 0.1) is 0 Å². The summed E-state index contributed by atoms with van der Waals surface area (Å²) in [5.41, 5.74) is 0. The molecule has 2 unspecified atom stereocenters. The van der Waals surface area contributed by atoms with Gasteiger partial charge in [-0.25, -0.2) is 0 Å². The van der Waals surface area contributed by atoms with E-state index in [1.807, 2.05) is 0 Å². The van der Waals surface area contributed by atoms with Crippen LogP contribution in [0.3, 0.4) is 0 Å². The molecule has 2 saturated carbocycles. The Hall–Kier alpha value is -0.570. The molecule has 0 radical (unpaired) electrons. The first-order valence-electron chi connectivity index (χ1n) is 7.82. The van der Waals surface area contributed by atoms with E-state index in [-0.39, 0.29) is 0 Å². The highest BCUT2D eigenvalue weighted by molar-refractivity contribution is 5.81. The smallest absolute Gasteiger partial charge is 0.225 e. The van der Waals surface area contributed by atoms with Crippen LogP contribution in [0.5, 0.6) is 0 Å². The highest BCUT2D eigenvalue weighted by Gasteiger charge is 2.52. The van der Waals surface area contributed by atoms with Crippen LogP contribution in [0.2, 0.25) is 0 Å². The molecule has 3 heteroatoms. The zero-order valence-corrected chi connectivity index (χ0v) is 11.1. The Labute approximate surface area is 109 Å². The first-order valence-corrected chi connectivity index (χ1v) is 7.82. The number of hydrogen-bond donors (Lipinski definition) is 1. The number of carbonyl (C=O) groups excluding carboxylic acids is 1. The van der Waals surface area contributed by atoms with E-state index in [1.54, 1.807) is 0 Å². The van der Waals surface area contributed by atoms with E-state index in [4.69, 9.17) is 0 Å². The average Bonchev–Trinajstić information content (AvgIpc) is 3.25. The lowest BCUT2D eigenvalue weighted by atomic mass is 9.92. The second-order valence-corrected chi connectivity index (χ2v) is 6.92. The molecule has 4 atom stereocenters. The molecule has 0 bridgehead atoms. The Balaban J connectivity index is 1.35. The molecule has 100 valence electrons. The molecule has 0 spiro atoms. The van der Waals surface area contributed by atoms with Gasteiger partial charge in [-0.3, -0.25) is 4.79 Å². The standard InChI is InChI=1S/C15H24N2O/c18-15(14-7-13(14)10-1-2-10)17-5-3-11-8-16-9-12(11)4-6-17/h10-14,16H,1-9H2/t11-,12+,13?,14?. The third-order valence-electron chi connectivity index (χ3n) is 5.72. The quantitative estimate of drug-likeness (QED) is 0.803. The van der Waals surface area contributed by atoms with Gasteiger partial charge in [-0.1, -0.05) is 0 Å². The molecule has 4 aliphatic rings. The first kappa shape index (κ1) is 11.3. The summed E-state index contributed by atoms with van der Waals surface area (Å²) in [7, 11) is 0. The Morgan fingerprint density at radius 2 is 1.61 bits per heavy atom. The van der Waals surface area contributed by atoms with E-state index >= 15 is 0 Å². The highest BCUT2D eigenvalue weighted by atomic mass is 16.2. The van der Waals surface area contributed by atoms with Crippen LogP contribution in [-0.4, -0.2) is 37.0 Å². The molecule has 0 aromatic carbocycles. The van der Waals surface area contributed by atoms with Gasteiger partial charge in [-0.05, 0) is 68.9 Å². The van der Waals surface area contributed by atoms with Crippen LogP contribution in [0.25, 0.3) is 0 Å². The summed E-state index contributed by atoms with van der Waals surface area (Å²) in [5.74, 6) is 4.30. The minimum Gasteiger partial charge on any atom is -0.342 e. The van der Waals surface area contributed by atoms with Crippen molar-refractivity contribution in [2.24, 2.45) is 29.6 Å². The number of rotatable bonds is 2. The van der Waals surface area contributed by atoms with Crippen molar-refractivity contribution in [1.82, 2.24) is 10.2 Å². The van der Waals surface area contributed by atoms with Crippen molar-refractivity contribution in [3.63, 3.8) is 0 Å². The van der Waals surface area contributed by atoms with Gasteiger partial charge in [0.1, 0.15) is 0 Å². The minimum atomic E-state index is 0.425. The number of nitrogens with zero attached hydrogens (tertiary/aromatic N) is 1. The second-order valence-electron chi connectivity index (χ2n) is 6.92. The Morgan fingerprint density at radius 1 is 0.944 bits per heavy atom. The molecule has 18 heavy (non-hydrogen) atoms. The third kappa shape index (κ3) is 1.97. The number of fused-ring (bicyclic) bond motifs is 1. The Kier molecular flexibility index (Phi) is 2.65. The summed E-state index contributed by atoms with van der Waals surface area (Å²) in [5, 5.41) is 3.50. The fraction of sp³-hybridized carbons (Fsp3) is 0.933. The summed E-state index contributed by atoms with van der Waals surface area (Å²) in [6.07, 6.45) is 6.44. The summed E-state index contributed by atoms with van der Waals surface area (Å²) in [6.45, 7) is 4.41. The topological polar surface area (TPSA) is 32.3 Å². The largest absolute Gasteiger partial charge is 0.342 e. The van der Waals surface area contributed by atoms with Crippen LogP contribution in [0.1, 0.15) is 32.1 Å². The van der Waals surface area contributed by atoms with Crippen molar-refractivity contribution in [2.75, 3.05) is 26.2 Å². The van der Waals surface area contributed by atoms with Crippen molar-refractivity contribution in [3.05, 3.63) is 0 Å². The van der Waals surface area contributed by atoms with Gasteiger partial charge >= 0.3 is 0 Å². The molecule has 4 fully saturated rings. The van der Waals surface area contributed by atoms with Gasteiger partial charge < -0.3 is 10.2 Å². The lowest BCUT2D eigenvalue weighted by Crippen LogP contribution is -2.34. The summed E-state index contributed by atoms with van der Waals surface area (Å²) < 4.78 is 0. The molecule has 2 heterocycles. The fourth-order valence-corrected chi connectivity index (χ4v) is 4.22. The van der Waals surface area contributed by atoms with E-state index < -0.39 is 0 Å². The predicted molar refractivity (Wildman–Crippen MR) is 70.0 cm³/mol. The van der Waals surface area contributed by atoms with Crippen LogP contribution in [0.4, 0.5) is 0 Å². The van der Waals surface area contributed by atoms with Crippen molar-refractivity contribution >= 4 is 5.91 Å². The molecule has 4 rings (SSSR count). The maximum Gasteiger partial charge on any atom is 0.225 e. The van der Waals surface area contributed by atoms with Gasteiger partial charge in [0.2, 0.25) is 5.91 Å². The third-order valence-corrected chi connectivity index (χ3v) is 5.72. The molecule has 2 aliphatic carbocycles. The van der Waals surface area contributed by atoms with E-state index in [2.05, 4.69) is 10.2 Å². The monoisotopic (exact) mass is 248 g/mol. The summed E-state index contributed by atoms with van der Waals surface area (Å²) in [6, 6.07) is 0. The average molecular weight is 248 g/mol. The van der Waals surface area contributed by atoms with Crippen LogP contribution in [-0.2, 0) is 4.79 Å². The zero-order valence-electron chi connectivity index (χ0n) is 11.1. The van der Waals surface area contributed by atoms with Crippen molar-refractivity contribution < 1.29 is 4.79 Å². The minimum absolute atomic E-state index is 0.425. The van der Waals surface area contributed by atoms with Crippen molar-refractivity contribution in [2.45, 2.75) is 32.1 Å². The molecular weight excluding hydrogens is 224 g/mol. The van der Waals surface area contributed by atoms with Gasteiger partial charge in [-0.2, -0.15) is 0 Å². The summed E-state index contributed by atoms with van der Waals surface area (Å²) in [4.78, 5) is 14.7. The van der Waals surface area contributed by atoms with E-state index in [1.165, 1.54) is 45.2 Å². The van der Waals surface area contributed by atoms with Crippen LogP contribution < -0.4 is 5.32 Å². The van der Waals surface area contributed by atoms with Crippen molar-refractivity contribution in [3.8, 4) is 0 Å². The first-order chi connectivity index (χ1) is 8.83. The van der Waals surface area contributed by atoms with E-state index in [0.29, 0.717) is 11.8 Å². The molecule has 1 amide bonds. The maximum absolute atomic E-state index is 12.5. The molecular formula is C15H24N2O. The molecule has 3 nitrogen and oxygen atoms in total. The molecule has 2 saturated heterocycles. The number of likely N-dealkylation sites (tertiary alicyclic amines) is 1. The summed E-state index contributed by atoms with van der Waals surface area (Å²) >= 11 is 0. The van der Waals surface area contributed by atoms with Gasteiger partial charge in [-0.15, -0.1) is 0 Å². The number of amides is 1. The molecule has 0 aromatic rings. The van der Waals surface area contributed by atoms with Gasteiger partial charge in [0, 0.05) is 19.0 Å². The van der Waals surface area contributed by atoms with E-state index in [0.717, 1.165) is 36.8 Å². The lowest BCUT2D eigenvalue weighted by molar-refractivity contribution is -0.133. The van der Waals surface area contributed by atoms with Crippen LogP contribution in [0, 0.1) is 29.6 Å². The maximum atomic E-state index is 12.5. The van der Waals surface area contributed by atoms with Gasteiger partial charge in [0.15, 0.2) is 0 Å². The normalized spacial score (nSPS) is 43.4. The second kappa shape index (κ2) is 4.22. The van der Waals surface area contributed by atoms with Crippen LogP contribution in [0.15, 0.2) is 0 Å². The Morgan fingerprint density at radius 3 is 2.22 bits per heavy atom. The molecule has 2 aliphatic heterocycles. The molecule has 0 aromatic heterocycles. The number of carbonyl (C=O) groups is 1. The number of hydrogen-bond acceptors (Lipinski definition) is 2. The molecule has 1 N–H and O–H groups in total. The number of nitrogens with one attached hydrogen (secondary N) is 1. The highest BCUT2D eigenvalue weighted by Crippen LogP contribution is 2.55. The SMILES string of the molecule is O=C(C1CC1C1CC1)N1CC[C@@H]2CNC[C@@H]2CC1. The van der Waals surface area contributed by atoms with E-state index in [9.17, 15) is 4.79 Å². The van der Waals surface area contributed by atoms with Crippen molar-refractivity contribution in [1.29, 1.82) is 0 Å². The Bertz CT molecular complexity index is 338.